The number of anilines is 1. The molecule has 0 atom stereocenters. The molecule has 1 heterocycles. The zero-order chi connectivity index (χ0) is 15.0. The zero-order valence-electron chi connectivity index (χ0n) is 10.5. The molecule has 1 aliphatic heterocycles. The predicted molar refractivity (Wildman–Crippen MR) is 71.4 cm³/mol. The highest BCUT2D eigenvalue weighted by atomic mass is 35.5. The van der Waals surface area contributed by atoms with E-state index in [4.69, 9.17) is 11.6 Å². The van der Waals surface area contributed by atoms with Crippen molar-refractivity contribution in [3.8, 4) is 11.5 Å². The molecular weight excluding hydrogens is 307 g/mol. The Bertz CT molecular complexity index is 694. The van der Waals surface area contributed by atoms with Gasteiger partial charge in [-0.15, -0.1) is 8.78 Å². The number of fused-ring (bicyclic) bond motifs is 1. The molecule has 1 N–H and O–H groups in total. The zero-order valence-corrected chi connectivity index (χ0v) is 11.3. The first-order valence-corrected chi connectivity index (χ1v) is 6.38. The van der Waals surface area contributed by atoms with Crippen molar-refractivity contribution in [3.05, 3.63) is 52.8 Å². The van der Waals surface area contributed by atoms with E-state index in [9.17, 15) is 13.2 Å². The van der Waals surface area contributed by atoms with E-state index < -0.39 is 12.1 Å². The van der Waals surface area contributed by atoms with Gasteiger partial charge in [0.05, 0.1) is 0 Å². The van der Waals surface area contributed by atoms with Gasteiger partial charge < -0.3 is 14.8 Å². The molecule has 0 radical (unpaired) electrons. The van der Waals surface area contributed by atoms with Crippen molar-refractivity contribution in [1.29, 1.82) is 0 Å². The standard InChI is InChI=1S/C14H9ClF3NO2/c15-11-3-1-9(16)5-8(11)7-19-10-2-4-12-13(6-10)21-14(17,18)20-12/h1-6,19H,7H2. The van der Waals surface area contributed by atoms with Gasteiger partial charge in [-0.1, -0.05) is 11.6 Å². The number of benzene rings is 2. The molecule has 1 aliphatic rings. The van der Waals surface area contributed by atoms with E-state index in [1.807, 2.05) is 0 Å². The second kappa shape index (κ2) is 5.04. The number of halogens is 4. The lowest BCUT2D eigenvalue weighted by molar-refractivity contribution is -0.286. The quantitative estimate of drug-likeness (QED) is 0.910. The number of hydrogen-bond acceptors (Lipinski definition) is 3. The Morgan fingerprint density at radius 2 is 1.81 bits per heavy atom. The van der Waals surface area contributed by atoms with Crippen molar-refractivity contribution in [2.75, 3.05) is 5.32 Å². The molecule has 0 amide bonds. The predicted octanol–water partition coefficient (Wildman–Crippen LogP) is 4.41. The van der Waals surface area contributed by atoms with Gasteiger partial charge in [-0.3, -0.25) is 0 Å². The lowest BCUT2D eigenvalue weighted by atomic mass is 10.2. The molecule has 21 heavy (non-hydrogen) atoms. The molecule has 0 spiro atoms. The third-order valence-corrected chi connectivity index (χ3v) is 3.26. The van der Waals surface area contributed by atoms with E-state index in [1.165, 1.54) is 30.3 Å². The molecule has 0 aliphatic carbocycles. The van der Waals surface area contributed by atoms with Crippen LogP contribution in [-0.2, 0) is 6.54 Å². The second-order valence-corrected chi connectivity index (χ2v) is 4.83. The average Bonchev–Trinajstić information content (AvgIpc) is 2.72. The fourth-order valence-electron chi connectivity index (χ4n) is 1.94. The summed E-state index contributed by atoms with van der Waals surface area (Å²) in [6.07, 6.45) is -3.65. The van der Waals surface area contributed by atoms with Crippen molar-refractivity contribution in [2.24, 2.45) is 0 Å². The van der Waals surface area contributed by atoms with E-state index in [-0.39, 0.29) is 18.0 Å². The van der Waals surface area contributed by atoms with E-state index in [1.54, 1.807) is 6.07 Å². The average molecular weight is 316 g/mol. The summed E-state index contributed by atoms with van der Waals surface area (Å²) in [4.78, 5) is 0. The van der Waals surface area contributed by atoms with Gasteiger partial charge in [-0.05, 0) is 35.9 Å². The van der Waals surface area contributed by atoms with Crippen molar-refractivity contribution in [1.82, 2.24) is 0 Å². The van der Waals surface area contributed by atoms with Crippen LogP contribution in [0.2, 0.25) is 5.02 Å². The number of nitrogens with one attached hydrogen (secondary N) is 1. The highest BCUT2D eigenvalue weighted by Gasteiger charge is 2.43. The van der Waals surface area contributed by atoms with E-state index in [0.29, 0.717) is 16.3 Å². The van der Waals surface area contributed by atoms with Crippen molar-refractivity contribution in [2.45, 2.75) is 12.8 Å². The Morgan fingerprint density at radius 1 is 1.05 bits per heavy atom. The number of ether oxygens (including phenoxy) is 2. The largest absolute Gasteiger partial charge is 0.586 e. The van der Waals surface area contributed by atoms with E-state index >= 15 is 0 Å². The normalized spacial score (nSPS) is 15.0. The SMILES string of the molecule is Fc1ccc(Cl)c(CNc2ccc3c(c2)OC(F)(F)O3)c1. The molecule has 7 heteroatoms. The van der Waals surface area contributed by atoms with Crippen LogP contribution in [0.5, 0.6) is 11.5 Å². The first kappa shape index (κ1) is 13.9. The maximum atomic E-state index is 13.1. The monoisotopic (exact) mass is 315 g/mol. The Kier molecular flexibility index (Phi) is 3.33. The summed E-state index contributed by atoms with van der Waals surface area (Å²) in [5.41, 5.74) is 1.08. The van der Waals surface area contributed by atoms with Crippen LogP contribution in [0.4, 0.5) is 18.9 Å². The molecule has 0 fully saturated rings. The van der Waals surface area contributed by atoms with E-state index in [0.717, 1.165) is 0 Å². The Balaban J connectivity index is 1.74. The molecule has 0 saturated carbocycles. The van der Waals surface area contributed by atoms with Gasteiger partial charge in [0.1, 0.15) is 5.82 Å². The summed E-state index contributed by atoms with van der Waals surface area (Å²) < 4.78 is 47.6. The summed E-state index contributed by atoms with van der Waals surface area (Å²) in [5.74, 6) is -0.494. The van der Waals surface area contributed by atoms with Gasteiger partial charge in [0.25, 0.3) is 0 Å². The van der Waals surface area contributed by atoms with Gasteiger partial charge >= 0.3 is 6.29 Å². The van der Waals surface area contributed by atoms with Crippen LogP contribution in [0, 0.1) is 5.82 Å². The molecule has 3 nitrogen and oxygen atoms in total. The van der Waals surface area contributed by atoms with Crippen LogP contribution in [0.3, 0.4) is 0 Å². The minimum Gasteiger partial charge on any atom is -0.395 e. The molecule has 110 valence electrons. The maximum absolute atomic E-state index is 13.1. The molecule has 0 bridgehead atoms. The Hall–Kier alpha value is -2.08. The van der Waals surface area contributed by atoms with Crippen LogP contribution in [0.25, 0.3) is 0 Å². The summed E-state index contributed by atoms with van der Waals surface area (Å²) in [5, 5.41) is 3.37. The highest BCUT2D eigenvalue weighted by molar-refractivity contribution is 6.31. The smallest absolute Gasteiger partial charge is 0.395 e. The van der Waals surface area contributed by atoms with Crippen LogP contribution >= 0.6 is 11.6 Å². The lowest BCUT2D eigenvalue weighted by Gasteiger charge is -2.08. The summed E-state index contributed by atoms with van der Waals surface area (Å²) >= 11 is 5.94. The third kappa shape index (κ3) is 3.00. The summed E-state index contributed by atoms with van der Waals surface area (Å²) in [6.45, 7) is 0.243. The molecule has 0 aromatic heterocycles. The number of alkyl halides is 2. The van der Waals surface area contributed by atoms with Crippen molar-refractivity contribution in [3.63, 3.8) is 0 Å². The fourth-order valence-corrected chi connectivity index (χ4v) is 2.12. The Morgan fingerprint density at radius 3 is 2.62 bits per heavy atom. The van der Waals surface area contributed by atoms with Gasteiger partial charge in [0.15, 0.2) is 11.5 Å². The number of hydrogen-bond donors (Lipinski definition) is 1. The van der Waals surface area contributed by atoms with Crippen LogP contribution < -0.4 is 14.8 Å². The number of rotatable bonds is 3. The van der Waals surface area contributed by atoms with Crippen molar-refractivity contribution < 1.29 is 22.6 Å². The molecular formula is C14H9ClF3NO2. The van der Waals surface area contributed by atoms with Gasteiger partial charge in [0.2, 0.25) is 0 Å². The summed E-state index contributed by atoms with van der Waals surface area (Å²) in [6, 6.07) is 8.31. The molecule has 2 aromatic carbocycles. The molecule has 0 unspecified atom stereocenters. The van der Waals surface area contributed by atoms with Gasteiger partial charge in [-0.2, -0.15) is 0 Å². The molecule has 0 saturated heterocycles. The minimum absolute atomic E-state index is 0.0330. The van der Waals surface area contributed by atoms with Crippen LogP contribution in [0.15, 0.2) is 36.4 Å². The van der Waals surface area contributed by atoms with Crippen LogP contribution in [0.1, 0.15) is 5.56 Å². The second-order valence-electron chi connectivity index (χ2n) is 4.42. The van der Waals surface area contributed by atoms with Crippen LogP contribution in [-0.4, -0.2) is 6.29 Å². The first-order chi connectivity index (χ1) is 9.93. The highest BCUT2D eigenvalue weighted by Crippen LogP contribution is 2.42. The molecule has 2 aromatic rings. The topological polar surface area (TPSA) is 30.5 Å². The lowest BCUT2D eigenvalue weighted by Crippen LogP contribution is -2.25. The van der Waals surface area contributed by atoms with Crippen molar-refractivity contribution >= 4 is 17.3 Å². The summed E-state index contributed by atoms with van der Waals surface area (Å²) in [7, 11) is 0. The van der Waals surface area contributed by atoms with E-state index in [2.05, 4.69) is 14.8 Å². The fraction of sp³-hybridized carbons (Fsp3) is 0.143. The maximum Gasteiger partial charge on any atom is 0.586 e. The minimum atomic E-state index is -3.65. The first-order valence-electron chi connectivity index (χ1n) is 6.01. The Labute approximate surface area is 123 Å². The third-order valence-electron chi connectivity index (χ3n) is 2.89. The van der Waals surface area contributed by atoms with Gasteiger partial charge in [0, 0.05) is 23.3 Å². The molecule has 3 rings (SSSR count). The van der Waals surface area contributed by atoms with Gasteiger partial charge in [-0.25, -0.2) is 4.39 Å².